The lowest BCUT2D eigenvalue weighted by Gasteiger charge is -2.05. The molecular formula is C21H28O3. The molecule has 0 unspecified atom stereocenters. The molecular weight excluding hydrogens is 300 g/mol. The highest BCUT2D eigenvalue weighted by Gasteiger charge is 2.03. The molecule has 0 aliphatic carbocycles. The van der Waals surface area contributed by atoms with Crippen molar-refractivity contribution in [3.63, 3.8) is 0 Å². The standard InChI is InChI=1S/C21H28O3/c1-3-4-5-6-7-8-9-10-11-14-23-18-12-13-19-17(2)15-21(22)24-20(19)16-18/h10-13,15-16H,3-9,14H2,1-2H3/b11-10+. The van der Waals surface area contributed by atoms with Crippen molar-refractivity contribution in [2.24, 2.45) is 0 Å². The number of aryl methyl sites for hydroxylation is 1. The summed E-state index contributed by atoms with van der Waals surface area (Å²) in [5, 5.41) is 0.945. The van der Waals surface area contributed by atoms with Gasteiger partial charge in [-0.15, -0.1) is 0 Å². The summed E-state index contributed by atoms with van der Waals surface area (Å²) in [4.78, 5) is 11.4. The summed E-state index contributed by atoms with van der Waals surface area (Å²) in [5.74, 6) is 0.723. The quantitative estimate of drug-likeness (QED) is 0.315. The van der Waals surface area contributed by atoms with Crippen LogP contribution in [0.3, 0.4) is 0 Å². The van der Waals surface area contributed by atoms with Gasteiger partial charge in [-0.2, -0.15) is 0 Å². The van der Waals surface area contributed by atoms with Gasteiger partial charge in [0.1, 0.15) is 17.9 Å². The van der Waals surface area contributed by atoms with E-state index in [-0.39, 0.29) is 5.63 Å². The third kappa shape index (κ3) is 5.88. The molecule has 0 bridgehead atoms. The molecule has 0 saturated carbocycles. The first-order valence-electron chi connectivity index (χ1n) is 9.03. The van der Waals surface area contributed by atoms with E-state index in [4.69, 9.17) is 9.15 Å². The summed E-state index contributed by atoms with van der Waals surface area (Å²) < 4.78 is 10.9. The summed E-state index contributed by atoms with van der Waals surface area (Å²) in [5.41, 5.74) is 1.18. The number of hydrogen-bond acceptors (Lipinski definition) is 3. The molecule has 0 aliphatic rings. The summed E-state index contributed by atoms with van der Waals surface area (Å²) in [7, 11) is 0. The molecule has 0 spiro atoms. The molecule has 0 N–H and O–H groups in total. The number of unbranched alkanes of at least 4 members (excludes halogenated alkanes) is 6. The van der Waals surface area contributed by atoms with Gasteiger partial charge in [0.15, 0.2) is 0 Å². The number of benzene rings is 1. The predicted molar refractivity (Wildman–Crippen MR) is 99.8 cm³/mol. The van der Waals surface area contributed by atoms with Crippen LogP contribution in [0.1, 0.15) is 57.4 Å². The highest BCUT2D eigenvalue weighted by molar-refractivity contribution is 5.81. The van der Waals surface area contributed by atoms with Gasteiger partial charge < -0.3 is 9.15 Å². The van der Waals surface area contributed by atoms with Crippen LogP contribution in [0.4, 0.5) is 0 Å². The molecule has 1 aromatic heterocycles. The van der Waals surface area contributed by atoms with Crippen LogP contribution in [-0.2, 0) is 0 Å². The highest BCUT2D eigenvalue weighted by Crippen LogP contribution is 2.22. The number of hydrogen-bond donors (Lipinski definition) is 0. The van der Waals surface area contributed by atoms with Gasteiger partial charge in [-0.1, -0.05) is 51.2 Å². The maximum Gasteiger partial charge on any atom is 0.336 e. The van der Waals surface area contributed by atoms with Crippen molar-refractivity contribution < 1.29 is 9.15 Å². The second kappa shape index (κ2) is 9.96. The topological polar surface area (TPSA) is 39.4 Å². The Kier molecular flexibility index (Phi) is 7.60. The zero-order valence-corrected chi connectivity index (χ0v) is 14.8. The van der Waals surface area contributed by atoms with Gasteiger partial charge in [0.2, 0.25) is 0 Å². The first kappa shape index (κ1) is 18.3. The predicted octanol–water partition coefficient (Wildman–Crippen LogP) is 5.79. The van der Waals surface area contributed by atoms with Crippen LogP contribution in [-0.4, -0.2) is 6.61 Å². The van der Waals surface area contributed by atoms with Crippen molar-refractivity contribution >= 4 is 11.0 Å². The third-order valence-corrected chi connectivity index (χ3v) is 4.16. The first-order valence-corrected chi connectivity index (χ1v) is 9.03. The molecule has 1 heterocycles. The second-order valence-corrected chi connectivity index (χ2v) is 6.25. The fourth-order valence-corrected chi connectivity index (χ4v) is 2.77. The Morgan fingerprint density at radius 2 is 1.83 bits per heavy atom. The monoisotopic (exact) mass is 328 g/mol. The molecule has 0 atom stereocenters. The Morgan fingerprint density at radius 3 is 2.67 bits per heavy atom. The zero-order valence-electron chi connectivity index (χ0n) is 14.8. The molecule has 0 amide bonds. The molecule has 3 heteroatoms. The van der Waals surface area contributed by atoms with E-state index in [0.29, 0.717) is 12.2 Å². The minimum absolute atomic E-state index is 0.323. The van der Waals surface area contributed by atoms with Crippen LogP contribution < -0.4 is 10.4 Å². The van der Waals surface area contributed by atoms with Gasteiger partial charge in [0.05, 0.1) is 0 Å². The first-order chi connectivity index (χ1) is 11.7. The molecule has 0 aliphatic heterocycles. The summed E-state index contributed by atoms with van der Waals surface area (Å²) in [6.45, 7) is 4.69. The van der Waals surface area contributed by atoms with E-state index >= 15 is 0 Å². The van der Waals surface area contributed by atoms with Gasteiger partial charge in [-0.3, -0.25) is 0 Å². The molecule has 1 aromatic carbocycles. The van der Waals surface area contributed by atoms with E-state index in [2.05, 4.69) is 19.1 Å². The van der Waals surface area contributed by atoms with Crippen molar-refractivity contribution in [2.75, 3.05) is 6.61 Å². The van der Waals surface area contributed by atoms with Gasteiger partial charge in [-0.05, 0) is 37.5 Å². The average molecular weight is 328 g/mol. The lowest BCUT2D eigenvalue weighted by Crippen LogP contribution is -1.98. The molecule has 0 fully saturated rings. The summed E-state index contributed by atoms with van der Waals surface area (Å²) in [6.07, 6.45) is 13.3. The van der Waals surface area contributed by atoms with E-state index in [0.717, 1.165) is 23.1 Å². The lowest BCUT2D eigenvalue weighted by molar-refractivity contribution is 0.362. The molecule has 130 valence electrons. The maximum atomic E-state index is 11.4. The minimum atomic E-state index is -0.323. The van der Waals surface area contributed by atoms with E-state index in [1.54, 1.807) is 6.07 Å². The van der Waals surface area contributed by atoms with Crippen molar-refractivity contribution in [1.29, 1.82) is 0 Å². The van der Waals surface area contributed by atoms with Crippen LogP contribution in [0.5, 0.6) is 5.75 Å². The Morgan fingerprint density at radius 1 is 1.04 bits per heavy atom. The van der Waals surface area contributed by atoms with Crippen molar-refractivity contribution in [3.8, 4) is 5.75 Å². The number of rotatable bonds is 10. The Labute approximate surface area is 144 Å². The van der Waals surface area contributed by atoms with Crippen molar-refractivity contribution in [1.82, 2.24) is 0 Å². The molecule has 24 heavy (non-hydrogen) atoms. The molecule has 3 nitrogen and oxygen atoms in total. The fraction of sp³-hybridized carbons (Fsp3) is 0.476. The van der Waals surface area contributed by atoms with E-state index in [1.807, 2.05) is 19.1 Å². The zero-order chi connectivity index (χ0) is 17.2. The van der Waals surface area contributed by atoms with Crippen LogP contribution >= 0.6 is 0 Å². The second-order valence-electron chi connectivity index (χ2n) is 6.25. The number of allylic oxidation sites excluding steroid dienone is 1. The van der Waals surface area contributed by atoms with Crippen molar-refractivity contribution in [3.05, 3.63) is 52.4 Å². The molecule has 2 rings (SSSR count). The summed E-state index contributed by atoms with van der Waals surface area (Å²) >= 11 is 0. The highest BCUT2D eigenvalue weighted by atomic mass is 16.5. The van der Waals surface area contributed by atoms with E-state index in [1.165, 1.54) is 44.6 Å². The minimum Gasteiger partial charge on any atom is -0.489 e. The molecule has 0 saturated heterocycles. The molecule has 0 radical (unpaired) electrons. The fourth-order valence-electron chi connectivity index (χ4n) is 2.77. The largest absolute Gasteiger partial charge is 0.489 e. The lowest BCUT2D eigenvalue weighted by atomic mass is 10.1. The van der Waals surface area contributed by atoms with E-state index < -0.39 is 0 Å². The van der Waals surface area contributed by atoms with E-state index in [9.17, 15) is 4.79 Å². The van der Waals surface area contributed by atoms with Gasteiger partial charge >= 0.3 is 5.63 Å². The normalized spacial score (nSPS) is 11.4. The van der Waals surface area contributed by atoms with Crippen LogP contribution in [0.25, 0.3) is 11.0 Å². The van der Waals surface area contributed by atoms with Gasteiger partial charge in [0, 0.05) is 17.5 Å². The van der Waals surface area contributed by atoms with Crippen LogP contribution in [0, 0.1) is 6.92 Å². The molecule has 2 aromatic rings. The van der Waals surface area contributed by atoms with Crippen LogP contribution in [0.2, 0.25) is 0 Å². The Hall–Kier alpha value is -2.03. The average Bonchev–Trinajstić information content (AvgIpc) is 2.56. The third-order valence-electron chi connectivity index (χ3n) is 4.16. The summed E-state index contributed by atoms with van der Waals surface area (Å²) in [6, 6.07) is 7.14. The Balaban J connectivity index is 1.73. The van der Waals surface area contributed by atoms with Gasteiger partial charge in [0.25, 0.3) is 0 Å². The smallest absolute Gasteiger partial charge is 0.336 e. The Bertz CT molecular complexity index is 713. The van der Waals surface area contributed by atoms with Gasteiger partial charge in [-0.25, -0.2) is 4.79 Å². The number of ether oxygens (including phenoxy) is 1. The van der Waals surface area contributed by atoms with Crippen LogP contribution in [0.15, 0.2) is 45.6 Å². The SMILES string of the molecule is CCCCCCCC/C=C/COc1ccc2c(C)cc(=O)oc2c1. The van der Waals surface area contributed by atoms with Crippen molar-refractivity contribution in [2.45, 2.75) is 58.8 Å². The maximum absolute atomic E-state index is 11.4. The number of fused-ring (bicyclic) bond motifs is 1.